The summed E-state index contributed by atoms with van der Waals surface area (Å²) in [4.78, 5) is 0. The zero-order valence-corrected chi connectivity index (χ0v) is 10.1. The molecule has 0 aromatic rings. The second-order valence-electron chi connectivity index (χ2n) is 4.91. The Morgan fingerprint density at radius 1 is 1.14 bits per heavy atom. The largest absolute Gasteiger partial charge is 0.310 e. The Balaban J connectivity index is 1.72. The molecule has 0 amide bonds. The summed E-state index contributed by atoms with van der Waals surface area (Å²) in [6.07, 6.45) is 8.69. The van der Waals surface area contributed by atoms with Crippen LogP contribution in [0.25, 0.3) is 0 Å². The quantitative estimate of drug-likeness (QED) is 0.773. The molecule has 0 aromatic carbocycles. The lowest BCUT2D eigenvalue weighted by atomic mass is 9.98. The van der Waals surface area contributed by atoms with Crippen molar-refractivity contribution in [2.45, 2.75) is 57.5 Å². The van der Waals surface area contributed by atoms with E-state index in [1.807, 2.05) is 0 Å². The summed E-state index contributed by atoms with van der Waals surface area (Å²) < 4.78 is 0. The number of hydrogen-bond acceptors (Lipinski definition) is 2. The summed E-state index contributed by atoms with van der Waals surface area (Å²) in [6, 6.07) is 1.57. The topological polar surface area (TPSA) is 12.0 Å². The third-order valence-corrected chi connectivity index (χ3v) is 4.98. The van der Waals surface area contributed by atoms with Gasteiger partial charge in [-0.05, 0) is 44.3 Å². The number of rotatable bonds is 3. The fraction of sp³-hybridized carbons (Fsp3) is 1.00. The fourth-order valence-corrected chi connectivity index (χ4v) is 3.92. The molecular formula is C12H23NS. The first-order valence-corrected chi connectivity index (χ1v) is 7.35. The van der Waals surface area contributed by atoms with Gasteiger partial charge in [-0.1, -0.05) is 12.8 Å². The summed E-state index contributed by atoms with van der Waals surface area (Å²) in [5, 5.41) is 3.84. The van der Waals surface area contributed by atoms with E-state index in [9.17, 15) is 0 Å². The second-order valence-corrected chi connectivity index (χ2v) is 6.06. The molecule has 2 heteroatoms. The van der Waals surface area contributed by atoms with Crippen LogP contribution in [0.1, 0.15) is 45.4 Å². The van der Waals surface area contributed by atoms with Crippen LogP contribution in [0.2, 0.25) is 0 Å². The van der Waals surface area contributed by atoms with Crippen molar-refractivity contribution in [3.63, 3.8) is 0 Å². The fourth-order valence-electron chi connectivity index (χ4n) is 2.84. The monoisotopic (exact) mass is 213 g/mol. The lowest BCUT2D eigenvalue weighted by Crippen LogP contribution is -2.42. The van der Waals surface area contributed by atoms with Crippen LogP contribution in [0, 0.1) is 5.92 Å². The van der Waals surface area contributed by atoms with Crippen LogP contribution in [0.5, 0.6) is 0 Å². The van der Waals surface area contributed by atoms with Gasteiger partial charge in [0.25, 0.3) is 0 Å². The van der Waals surface area contributed by atoms with Gasteiger partial charge in [-0.3, -0.25) is 0 Å². The van der Waals surface area contributed by atoms with Crippen molar-refractivity contribution >= 4 is 11.8 Å². The lowest BCUT2D eigenvalue weighted by molar-refractivity contribution is 0.341. The highest BCUT2D eigenvalue weighted by molar-refractivity contribution is 7.99. The third kappa shape index (κ3) is 2.90. The van der Waals surface area contributed by atoms with Crippen molar-refractivity contribution in [2.75, 3.05) is 11.5 Å². The molecule has 0 spiro atoms. The Morgan fingerprint density at radius 3 is 2.57 bits per heavy atom. The van der Waals surface area contributed by atoms with E-state index in [-0.39, 0.29) is 0 Å². The van der Waals surface area contributed by atoms with Crippen molar-refractivity contribution in [3.05, 3.63) is 0 Å². The molecule has 2 aliphatic rings. The molecule has 0 bridgehead atoms. The molecule has 0 aromatic heterocycles. The zero-order chi connectivity index (χ0) is 9.80. The molecule has 1 saturated heterocycles. The van der Waals surface area contributed by atoms with E-state index in [2.05, 4.69) is 24.0 Å². The molecule has 2 rings (SSSR count). The first kappa shape index (κ1) is 10.8. The minimum atomic E-state index is 0.765. The van der Waals surface area contributed by atoms with E-state index in [0.29, 0.717) is 0 Å². The van der Waals surface area contributed by atoms with Gasteiger partial charge in [-0.2, -0.15) is 11.8 Å². The molecule has 82 valence electrons. The summed E-state index contributed by atoms with van der Waals surface area (Å²) in [6.45, 7) is 2.40. The molecule has 1 aliphatic heterocycles. The average Bonchev–Trinajstić information content (AvgIpc) is 2.72. The van der Waals surface area contributed by atoms with Crippen LogP contribution in [-0.4, -0.2) is 23.6 Å². The molecule has 2 unspecified atom stereocenters. The minimum absolute atomic E-state index is 0.765. The highest BCUT2D eigenvalue weighted by atomic mass is 32.2. The molecule has 2 fully saturated rings. The first-order valence-electron chi connectivity index (χ1n) is 6.20. The van der Waals surface area contributed by atoms with Crippen LogP contribution in [-0.2, 0) is 0 Å². The smallest absolute Gasteiger partial charge is 0.0161 e. The van der Waals surface area contributed by atoms with Gasteiger partial charge < -0.3 is 5.32 Å². The van der Waals surface area contributed by atoms with Gasteiger partial charge in [0.2, 0.25) is 0 Å². The summed E-state index contributed by atoms with van der Waals surface area (Å²) in [5.74, 6) is 3.70. The first-order chi connectivity index (χ1) is 6.86. The molecule has 14 heavy (non-hydrogen) atoms. The Bertz CT molecular complexity index is 160. The molecule has 1 N–H and O–H groups in total. The van der Waals surface area contributed by atoms with E-state index in [1.165, 1.54) is 50.0 Å². The maximum absolute atomic E-state index is 3.84. The Labute approximate surface area is 92.4 Å². The minimum Gasteiger partial charge on any atom is -0.310 e. The van der Waals surface area contributed by atoms with E-state index >= 15 is 0 Å². The van der Waals surface area contributed by atoms with Gasteiger partial charge in [0.1, 0.15) is 0 Å². The zero-order valence-electron chi connectivity index (χ0n) is 9.30. The SMILES string of the molecule is CC(NC1CCCSC1)C1CCCC1. The Kier molecular flexibility index (Phi) is 4.18. The number of thioether (sulfide) groups is 1. The van der Waals surface area contributed by atoms with Crippen LogP contribution in [0.3, 0.4) is 0 Å². The number of hydrogen-bond donors (Lipinski definition) is 1. The number of nitrogens with one attached hydrogen (secondary N) is 1. The molecule has 1 saturated carbocycles. The van der Waals surface area contributed by atoms with Gasteiger partial charge in [-0.25, -0.2) is 0 Å². The Hall–Kier alpha value is 0.310. The molecular weight excluding hydrogens is 190 g/mol. The third-order valence-electron chi connectivity index (χ3n) is 3.77. The van der Waals surface area contributed by atoms with Crippen molar-refractivity contribution in [1.82, 2.24) is 5.32 Å². The van der Waals surface area contributed by atoms with E-state index in [0.717, 1.165) is 18.0 Å². The van der Waals surface area contributed by atoms with Crippen molar-refractivity contribution in [1.29, 1.82) is 0 Å². The predicted octanol–water partition coefficient (Wildman–Crippen LogP) is 3.05. The van der Waals surface area contributed by atoms with Crippen molar-refractivity contribution in [2.24, 2.45) is 5.92 Å². The van der Waals surface area contributed by atoms with Crippen LogP contribution in [0.15, 0.2) is 0 Å². The summed E-state index contributed by atoms with van der Waals surface area (Å²) in [5.41, 5.74) is 0. The second kappa shape index (κ2) is 5.41. The van der Waals surface area contributed by atoms with Gasteiger partial charge in [-0.15, -0.1) is 0 Å². The average molecular weight is 213 g/mol. The van der Waals surface area contributed by atoms with E-state index in [4.69, 9.17) is 0 Å². The van der Waals surface area contributed by atoms with Crippen LogP contribution < -0.4 is 5.32 Å². The maximum Gasteiger partial charge on any atom is 0.0161 e. The highest BCUT2D eigenvalue weighted by Crippen LogP contribution is 2.28. The Morgan fingerprint density at radius 2 is 1.93 bits per heavy atom. The van der Waals surface area contributed by atoms with Crippen molar-refractivity contribution in [3.8, 4) is 0 Å². The van der Waals surface area contributed by atoms with Gasteiger partial charge in [0.05, 0.1) is 0 Å². The van der Waals surface area contributed by atoms with E-state index in [1.54, 1.807) is 0 Å². The van der Waals surface area contributed by atoms with Gasteiger partial charge in [0, 0.05) is 17.8 Å². The van der Waals surface area contributed by atoms with Gasteiger partial charge >= 0.3 is 0 Å². The molecule has 0 radical (unpaired) electrons. The summed E-state index contributed by atoms with van der Waals surface area (Å²) in [7, 11) is 0. The lowest BCUT2D eigenvalue weighted by Gasteiger charge is -2.29. The standard InChI is InChI=1S/C12H23NS/c1-10(11-5-2-3-6-11)13-12-7-4-8-14-9-12/h10-13H,2-9H2,1H3. The molecule has 1 heterocycles. The predicted molar refractivity (Wildman–Crippen MR) is 64.9 cm³/mol. The summed E-state index contributed by atoms with van der Waals surface area (Å²) >= 11 is 2.13. The highest BCUT2D eigenvalue weighted by Gasteiger charge is 2.24. The van der Waals surface area contributed by atoms with E-state index < -0.39 is 0 Å². The maximum atomic E-state index is 3.84. The van der Waals surface area contributed by atoms with Gasteiger partial charge in [0.15, 0.2) is 0 Å². The van der Waals surface area contributed by atoms with Crippen LogP contribution in [0.4, 0.5) is 0 Å². The van der Waals surface area contributed by atoms with Crippen LogP contribution >= 0.6 is 11.8 Å². The molecule has 1 nitrogen and oxygen atoms in total. The molecule has 2 atom stereocenters. The normalized spacial score (nSPS) is 31.9. The molecule has 1 aliphatic carbocycles. The van der Waals surface area contributed by atoms with Crippen molar-refractivity contribution < 1.29 is 0 Å².